The van der Waals surface area contributed by atoms with Gasteiger partial charge in [0.1, 0.15) is 0 Å². The van der Waals surface area contributed by atoms with Crippen molar-refractivity contribution >= 4 is 0 Å². The molecule has 0 radical (unpaired) electrons. The number of rotatable bonds is 3. The van der Waals surface area contributed by atoms with Crippen LogP contribution in [0, 0.1) is 0 Å². The minimum absolute atomic E-state index is 0.221. The van der Waals surface area contributed by atoms with Crippen molar-refractivity contribution in [3.63, 3.8) is 0 Å². The summed E-state index contributed by atoms with van der Waals surface area (Å²) in [5, 5.41) is 3.52. The molecule has 18 heavy (non-hydrogen) atoms. The van der Waals surface area contributed by atoms with Crippen LogP contribution in [0.15, 0.2) is 0 Å². The fourth-order valence-electron chi connectivity index (χ4n) is 2.76. The lowest BCUT2D eigenvalue weighted by molar-refractivity contribution is -0.148. The molecule has 2 atom stereocenters. The Balaban J connectivity index is 1.70. The van der Waals surface area contributed by atoms with Gasteiger partial charge in [0.2, 0.25) is 0 Å². The first kappa shape index (κ1) is 14.1. The van der Waals surface area contributed by atoms with Crippen LogP contribution in [0.25, 0.3) is 0 Å². The van der Waals surface area contributed by atoms with Crippen molar-refractivity contribution in [1.29, 1.82) is 0 Å². The Morgan fingerprint density at radius 3 is 2.39 bits per heavy atom. The van der Waals surface area contributed by atoms with Crippen molar-refractivity contribution in [1.82, 2.24) is 10.2 Å². The van der Waals surface area contributed by atoms with Crippen LogP contribution in [0.1, 0.15) is 26.2 Å². The molecule has 0 saturated carbocycles. The summed E-state index contributed by atoms with van der Waals surface area (Å²) < 4.78 is 42.2. The molecule has 2 aliphatic rings. The Hall–Kier alpha value is -0.330. The number of hydrogen-bond acceptors (Lipinski definition) is 3. The van der Waals surface area contributed by atoms with Crippen LogP contribution in [-0.4, -0.2) is 55.5 Å². The molecule has 2 unspecified atom stereocenters. The van der Waals surface area contributed by atoms with E-state index in [9.17, 15) is 13.2 Å². The predicted molar refractivity (Wildman–Crippen MR) is 62.5 cm³/mol. The van der Waals surface area contributed by atoms with Crippen molar-refractivity contribution < 1.29 is 17.9 Å². The molecule has 6 heteroatoms. The van der Waals surface area contributed by atoms with E-state index < -0.39 is 12.7 Å². The van der Waals surface area contributed by atoms with Crippen LogP contribution >= 0.6 is 0 Å². The van der Waals surface area contributed by atoms with Crippen LogP contribution in [0.2, 0.25) is 0 Å². The Labute approximate surface area is 106 Å². The summed E-state index contributed by atoms with van der Waals surface area (Å²) >= 11 is 0. The van der Waals surface area contributed by atoms with E-state index in [0.29, 0.717) is 25.2 Å². The minimum atomic E-state index is -4.08. The molecule has 2 saturated heterocycles. The van der Waals surface area contributed by atoms with E-state index in [-0.39, 0.29) is 6.10 Å². The van der Waals surface area contributed by atoms with Crippen molar-refractivity contribution in [2.45, 2.75) is 50.6 Å². The molecule has 0 aromatic carbocycles. The fraction of sp³-hybridized carbons (Fsp3) is 1.00. The van der Waals surface area contributed by atoms with Crippen molar-refractivity contribution in [3.8, 4) is 0 Å². The lowest BCUT2D eigenvalue weighted by Crippen LogP contribution is -2.49. The summed E-state index contributed by atoms with van der Waals surface area (Å²) in [6.07, 6.45) is -1.27. The second-order valence-electron chi connectivity index (χ2n) is 5.30. The second kappa shape index (κ2) is 5.75. The van der Waals surface area contributed by atoms with E-state index in [0.717, 1.165) is 25.9 Å². The zero-order valence-corrected chi connectivity index (χ0v) is 10.7. The van der Waals surface area contributed by atoms with Crippen LogP contribution in [0.3, 0.4) is 0 Å². The van der Waals surface area contributed by atoms with E-state index in [1.54, 1.807) is 0 Å². The number of halogens is 3. The third kappa shape index (κ3) is 4.10. The largest absolute Gasteiger partial charge is 0.401 e. The average molecular weight is 266 g/mol. The van der Waals surface area contributed by atoms with Gasteiger partial charge in [0.25, 0.3) is 0 Å². The molecule has 2 rings (SSSR count). The molecular weight excluding hydrogens is 245 g/mol. The van der Waals surface area contributed by atoms with Gasteiger partial charge in [-0.1, -0.05) is 0 Å². The highest BCUT2D eigenvalue weighted by Gasteiger charge is 2.33. The number of ether oxygens (including phenoxy) is 1. The number of hydrogen-bond donors (Lipinski definition) is 1. The highest BCUT2D eigenvalue weighted by Crippen LogP contribution is 2.21. The maximum Gasteiger partial charge on any atom is 0.401 e. The van der Waals surface area contributed by atoms with Gasteiger partial charge in [0, 0.05) is 18.7 Å². The zero-order chi connectivity index (χ0) is 13.2. The average Bonchev–Trinajstić information content (AvgIpc) is 2.65. The molecule has 3 nitrogen and oxygen atoms in total. The van der Waals surface area contributed by atoms with E-state index in [1.165, 1.54) is 4.90 Å². The van der Waals surface area contributed by atoms with Gasteiger partial charge in [0.05, 0.1) is 12.6 Å². The highest BCUT2D eigenvalue weighted by atomic mass is 19.4. The van der Waals surface area contributed by atoms with Crippen molar-refractivity contribution in [2.24, 2.45) is 0 Å². The lowest BCUT2D eigenvalue weighted by atomic mass is 10.0. The quantitative estimate of drug-likeness (QED) is 0.842. The van der Waals surface area contributed by atoms with E-state index in [2.05, 4.69) is 5.32 Å². The standard InChI is InChI=1S/C12H21F3N2O/c1-9-11(4-7-18-9)16-10-2-5-17(6-3-10)8-12(13,14)15/h9-11,16H,2-8H2,1H3. The Morgan fingerprint density at radius 1 is 1.22 bits per heavy atom. The molecule has 0 spiro atoms. The van der Waals surface area contributed by atoms with Crippen LogP contribution in [0.5, 0.6) is 0 Å². The number of likely N-dealkylation sites (tertiary alicyclic amines) is 1. The molecule has 106 valence electrons. The van der Waals surface area contributed by atoms with Crippen molar-refractivity contribution in [3.05, 3.63) is 0 Å². The minimum Gasteiger partial charge on any atom is -0.377 e. The third-order valence-corrected chi connectivity index (χ3v) is 3.82. The number of alkyl halides is 3. The fourth-order valence-corrected chi connectivity index (χ4v) is 2.76. The van der Waals surface area contributed by atoms with E-state index in [4.69, 9.17) is 4.74 Å². The molecular formula is C12H21F3N2O. The maximum absolute atomic E-state index is 12.2. The summed E-state index contributed by atoms with van der Waals surface area (Å²) in [4.78, 5) is 1.49. The van der Waals surface area contributed by atoms with Gasteiger partial charge in [-0.2, -0.15) is 13.2 Å². The Bertz CT molecular complexity index is 265. The van der Waals surface area contributed by atoms with E-state index in [1.807, 2.05) is 6.92 Å². The molecule has 0 aromatic rings. The van der Waals surface area contributed by atoms with Gasteiger partial charge in [-0.15, -0.1) is 0 Å². The van der Waals surface area contributed by atoms with E-state index >= 15 is 0 Å². The predicted octanol–water partition coefficient (Wildman–Crippen LogP) is 1.78. The summed E-state index contributed by atoms with van der Waals surface area (Å²) in [7, 11) is 0. The lowest BCUT2D eigenvalue weighted by Gasteiger charge is -2.34. The second-order valence-corrected chi connectivity index (χ2v) is 5.30. The van der Waals surface area contributed by atoms with Crippen LogP contribution < -0.4 is 5.32 Å². The molecule has 0 aromatic heterocycles. The molecule has 1 N–H and O–H groups in total. The number of nitrogens with one attached hydrogen (secondary N) is 1. The van der Waals surface area contributed by atoms with Gasteiger partial charge < -0.3 is 10.1 Å². The first-order valence-electron chi connectivity index (χ1n) is 6.61. The molecule has 0 aliphatic carbocycles. The SMILES string of the molecule is CC1OCCC1NC1CCN(CC(F)(F)F)CC1. The van der Waals surface area contributed by atoms with Gasteiger partial charge in [-0.25, -0.2) is 0 Å². The maximum atomic E-state index is 12.2. The molecule has 2 aliphatic heterocycles. The first-order chi connectivity index (χ1) is 8.44. The third-order valence-electron chi connectivity index (χ3n) is 3.82. The number of nitrogens with zero attached hydrogens (tertiary/aromatic N) is 1. The summed E-state index contributed by atoms with van der Waals surface area (Å²) in [6.45, 7) is 3.11. The smallest absolute Gasteiger partial charge is 0.377 e. The van der Waals surface area contributed by atoms with Gasteiger partial charge in [0.15, 0.2) is 0 Å². The molecule has 2 fully saturated rings. The van der Waals surface area contributed by atoms with Crippen molar-refractivity contribution in [2.75, 3.05) is 26.2 Å². The molecule has 0 amide bonds. The van der Waals surface area contributed by atoms with Gasteiger partial charge in [-0.3, -0.25) is 4.90 Å². The molecule has 0 bridgehead atoms. The van der Waals surface area contributed by atoms with Gasteiger partial charge in [-0.05, 0) is 39.3 Å². The topological polar surface area (TPSA) is 24.5 Å². The van der Waals surface area contributed by atoms with Gasteiger partial charge >= 0.3 is 6.18 Å². The summed E-state index contributed by atoms with van der Waals surface area (Å²) in [5.74, 6) is 0. The Kier molecular flexibility index (Phi) is 4.50. The first-order valence-corrected chi connectivity index (χ1v) is 6.61. The number of piperidine rings is 1. The zero-order valence-electron chi connectivity index (χ0n) is 10.7. The summed E-state index contributed by atoms with van der Waals surface area (Å²) in [5.41, 5.74) is 0. The highest BCUT2D eigenvalue weighted by molar-refractivity contribution is 4.86. The normalized spacial score (nSPS) is 32.0. The summed E-state index contributed by atoms with van der Waals surface area (Å²) in [6, 6.07) is 0.702. The van der Waals surface area contributed by atoms with Crippen LogP contribution in [0.4, 0.5) is 13.2 Å². The Morgan fingerprint density at radius 2 is 1.89 bits per heavy atom. The molecule has 2 heterocycles. The monoisotopic (exact) mass is 266 g/mol. The van der Waals surface area contributed by atoms with Crippen LogP contribution in [-0.2, 0) is 4.74 Å².